The SMILES string of the molecule is CCCNC(C)c1cnc(N2CCCC(C)(OC)C2)s1. The van der Waals surface area contributed by atoms with Gasteiger partial charge in [0.15, 0.2) is 5.13 Å². The highest BCUT2D eigenvalue weighted by molar-refractivity contribution is 7.15. The minimum Gasteiger partial charge on any atom is -0.377 e. The Bertz CT molecular complexity index is 423. The molecule has 2 unspecified atom stereocenters. The molecule has 20 heavy (non-hydrogen) atoms. The minimum absolute atomic E-state index is 0.0316. The van der Waals surface area contributed by atoms with E-state index in [2.05, 4.69) is 36.0 Å². The van der Waals surface area contributed by atoms with Gasteiger partial charge in [0, 0.05) is 37.3 Å². The van der Waals surface area contributed by atoms with Crippen LogP contribution in [0.5, 0.6) is 0 Å². The summed E-state index contributed by atoms with van der Waals surface area (Å²) in [6, 6.07) is 0.389. The van der Waals surface area contributed by atoms with Crippen LogP contribution in [0.3, 0.4) is 0 Å². The molecule has 0 aromatic carbocycles. The Balaban J connectivity index is 2.01. The fourth-order valence-corrected chi connectivity index (χ4v) is 3.59. The maximum absolute atomic E-state index is 5.66. The molecule has 1 saturated heterocycles. The van der Waals surface area contributed by atoms with Gasteiger partial charge in [0.1, 0.15) is 0 Å². The van der Waals surface area contributed by atoms with Crippen molar-refractivity contribution in [2.24, 2.45) is 0 Å². The summed E-state index contributed by atoms with van der Waals surface area (Å²) in [5, 5.41) is 4.65. The summed E-state index contributed by atoms with van der Waals surface area (Å²) in [7, 11) is 1.81. The number of nitrogens with zero attached hydrogens (tertiary/aromatic N) is 2. The number of methoxy groups -OCH3 is 1. The van der Waals surface area contributed by atoms with Crippen LogP contribution >= 0.6 is 11.3 Å². The van der Waals surface area contributed by atoms with Crippen molar-refractivity contribution in [2.45, 2.75) is 51.7 Å². The molecule has 0 aliphatic carbocycles. The average molecular weight is 297 g/mol. The lowest BCUT2D eigenvalue weighted by molar-refractivity contribution is -0.00466. The standard InChI is InChI=1S/C15H27N3OS/c1-5-8-16-12(2)13-10-17-14(20-13)18-9-6-7-15(3,11-18)19-4/h10,12,16H,5-9,11H2,1-4H3. The Morgan fingerprint density at radius 1 is 1.60 bits per heavy atom. The van der Waals surface area contributed by atoms with E-state index in [1.54, 1.807) is 11.3 Å². The molecular formula is C15H27N3OS. The molecule has 1 aliphatic rings. The monoisotopic (exact) mass is 297 g/mol. The zero-order valence-corrected chi connectivity index (χ0v) is 13.9. The molecule has 114 valence electrons. The van der Waals surface area contributed by atoms with Crippen LogP contribution in [0.2, 0.25) is 0 Å². The molecule has 0 spiro atoms. The van der Waals surface area contributed by atoms with Gasteiger partial charge in [-0.3, -0.25) is 0 Å². The van der Waals surface area contributed by atoms with E-state index in [1.807, 2.05) is 13.3 Å². The Labute approximate surface area is 126 Å². The molecule has 4 nitrogen and oxygen atoms in total. The van der Waals surface area contributed by atoms with Gasteiger partial charge in [-0.25, -0.2) is 4.98 Å². The van der Waals surface area contributed by atoms with Crippen LogP contribution < -0.4 is 10.2 Å². The van der Waals surface area contributed by atoms with E-state index in [9.17, 15) is 0 Å². The molecule has 0 radical (unpaired) electrons. The fourth-order valence-electron chi connectivity index (χ4n) is 2.62. The Morgan fingerprint density at radius 2 is 2.40 bits per heavy atom. The fraction of sp³-hybridized carbons (Fsp3) is 0.800. The topological polar surface area (TPSA) is 37.4 Å². The van der Waals surface area contributed by atoms with Gasteiger partial charge < -0.3 is 15.0 Å². The number of thiazole rings is 1. The van der Waals surface area contributed by atoms with Crippen molar-refractivity contribution in [2.75, 3.05) is 31.6 Å². The lowest BCUT2D eigenvalue weighted by atomic mass is 9.95. The average Bonchev–Trinajstić information content (AvgIpc) is 2.95. The predicted molar refractivity (Wildman–Crippen MR) is 85.7 cm³/mol. The summed E-state index contributed by atoms with van der Waals surface area (Å²) in [5.74, 6) is 0. The second-order valence-corrected chi connectivity index (χ2v) is 6.94. The molecule has 1 N–H and O–H groups in total. The van der Waals surface area contributed by atoms with E-state index >= 15 is 0 Å². The first-order valence-corrected chi connectivity index (χ1v) is 8.39. The van der Waals surface area contributed by atoms with Crippen molar-refractivity contribution < 1.29 is 4.74 Å². The first-order chi connectivity index (χ1) is 9.58. The van der Waals surface area contributed by atoms with Crippen LogP contribution in [0.15, 0.2) is 6.20 Å². The van der Waals surface area contributed by atoms with E-state index in [-0.39, 0.29) is 5.60 Å². The van der Waals surface area contributed by atoms with Crippen molar-refractivity contribution in [1.82, 2.24) is 10.3 Å². The van der Waals surface area contributed by atoms with Gasteiger partial charge in [-0.15, -0.1) is 11.3 Å². The van der Waals surface area contributed by atoms with Gasteiger partial charge in [0.05, 0.1) is 5.60 Å². The number of anilines is 1. The van der Waals surface area contributed by atoms with Crippen LogP contribution in [0, 0.1) is 0 Å². The zero-order chi connectivity index (χ0) is 14.6. The van der Waals surface area contributed by atoms with Crippen molar-refractivity contribution in [3.63, 3.8) is 0 Å². The van der Waals surface area contributed by atoms with Gasteiger partial charge in [0.2, 0.25) is 0 Å². The number of rotatable bonds is 6. The lowest BCUT2D eigenvalue weighted by Gasteiger charge is -2.39. The summed E-state index contributed by atoms with van der Waals surface area (Å²) in [5.41, 5.74) is -0.0316. The van der Waals surface area contributed by atoms with Crippen molar-refractivity contribution >= 4 is 16.5 Å². The highest BCUT2D eigenvalue weighted by atomic mass is 32.1. The first kappa shape index (κ1) is 15.7. The van der Waals surface area contributed by atoms with Crippen molar-refractivity contribution in [3.8, 4) is 0 Å². The number of piperidine rings is 1. The lowest BCUT2D eigenvalue weighted by Crippen LogP contribution is -2.47. The van der Waals surface area contributed by atoms with Crippen LogP contribution in [0.4, 0.5) is 5.13 Å². The highest BCUT2D eigenvalue weighted by Crippen LogP contribution is 2.32. The van der Waals surface area contributed by atoms with Gasteiger partial charge in [-0.05, 0) is 39.7 Å². The first-order valence-electron chi connectivity index (χ1n) is 7.57. The Kier molecular flexibility index (Phi) is 5.41. The molecule has 5 heteroatoms. The normalized spacial score (nSPS) is 24.9. The number of ether oxygens (including phenoxy) is 1. The number of hydrogen-bond acceptors (Lipinski definition) is 5. The van der Waals surface area contributed by atoms with Crippen molar-refractivity contribution in [3.05, 3.63) is 11.1 Å². The van der Waals surface area contributed by atoms with Gasteiger partial charge in [-0.2, -0.15) is 0 Å². The van der Waals surface area contributed by atoms with E-state index in [1.165, 1.54) is 11.3 Å². The maximum Gasteiger partial charge on any atom is 0.185 e. The highest BCUT2D eigenvalue weighted by Gasteiger charge is 2.32. The second kappa shape index (κ2) is 6.87. The van der Waals surface area contributed by atoms with Crippen LogP contribution in [0.25, 0.3) is 0 Å². The summed E-state index contributed by atoms with van der Waals surface area (Å²) in [4.78, 5) is 8.30. The quantitative estimate of drug-likeness (QED) is 0.875. The van der Waals surface area contributed by atoms with Gasteiger partial charge >= 0.3 is 0 Å². The summed E-state index contributed by atoms with van der Waals surface area (Å²) in [6.45, 7) is 9.68. The third-order valence-corrected chi connectivity index (χ3v) is 5.30. The third-order valence-electron chi connectivity index (χ3n) is 4.06. The third kappa shape index (κ3) is 3.71. The number of nitrogens with one attached hydrogen (secondary N) is 1. The molecule has 1 fully saturated rings. The van der Waals surface area contributed by atoms with Crippen LogP contribution in [-0.2, 0) is 4.74 Å². The van der Waals surface area contributed by atoms with Crippen molar-refractivity contribution in [1.29, 1.82) is 0 Å². The number of hydrogen-bond donors (Lipinski definition) is 1. The molecule has 1 aliphatic heterocycles. The maximum atomic E-state index is 5.66. The minimum atomic E-state index is -0.0316. The van der Waals surface area contributed by atoms with Gasteiger partial charge in [-0.1, -0.05) is 6.92 Å². The van der Waals surface area contributed by atoms with E-state index in [4.69, 9.17) is 4.74 Å². The molecular weight excluding hydrogens is 270 g/mol. The van der Waals surface area contributed by atoms with E-state index < -0.39 is 0 Å². The van der Waals surface area contributed by atoms with E-state index in [0.717, 1.165) is 37.6 Å². The molecule has 0 amide bonds. The van der Waals surface area contributed by atoms with Gasteiger partial charge in [0.25, 0.3) is 0 Å². The van der Waals surface area contributed by atoms with Crippen LogP contribution in [-0.4, -0.2) is 37.3 Å². The summed E-state index contributed by atoms with van der Waals surface area (Å²) < 4.78 is 5.66. The number of aromatic nitrogens is 1. The van der Waals surface area contributed by atoms with Crippen LogP contribution in [0.1, 0.15) is 51.0 Å². The summed E-state index contributed by atoms with van der Waals surface area (Å²) in [6.07, 6.45) is 5.48. The molecule has 1 aromatic heterocycles. The molecule has 0 bridgehead atoms. The summed E-state index contributed by atoms with van der Waals surface area (Å²) >= 11 is 1.81. The molecule has 1 aromatic rings. The largest absolute Gasteiger partial charge is 0.377 e. The zero-order valence-electron chi connectivity index (χ0n) is 13.1. The molecule has 0 saturated carbocycles. The molecule has 2 atom stereocenters. The Hall–Kier alpha value is -0.650. The Morgan fingerprint density at radius 3 is 3.10 bits per heavy atom. The smallest absolute Gasteiger partial charge is 0.185 e. The predicted octanol–water partition coefficient (Wildman–Crippen LogP) is 3.21. The van der Waals surface area contributed by atoms with E-state index in [0.29, 0.717) is 6.04 Å². The molecule has 2 heterocycles. The molecule has 2 rings (SSSR count). The second-order valence-electron chi connectivity index (χ2n) is 5.90.